The lowest BCUT2D eigenvalue weighted by Crippen LogP contribution is -2.49. The first-order valence-electron chi connectivity index (χ1n) is 5.84. The third kappa shape index (κ3) is 2.77. The first-order valence-corrected chi connectivity index (χ1v) is 5.84. The number of nitrogens with one attached hydrogen (secondary N) is 2. The number of hydroxylamine groups is 2. The van der Waals surface area contributed by atoms with Gasteiger partial charge >= 0.3 is 0 Å². The van der Waals surface area contributed by atoms with Gasteiger partial charge in [-0.05, 0) is 19.4 Å². The Morgan fingerprint density at radius 3 is 2.94 bits per heavy atom. The van der Waals surface area contributed by atoms with Crippen molar-refractivity contribution < 1.29 is 19.2 Å². The molecular formula is C10H16N4O4. The molecule has 4 N–H and O–H groups in total. The summed E-state index contributed by atoms with van der Waals surface area (Å²) in [5, 5.41) is 6.53. The van der Waals surface area contributed by atoms with Crippen molar-refractivity contribution in [2.24, 2.45) is 5.73 Å². The molecule has 2 heterocycles. The average Bonchev–Trinajstić information content (AvgIpc) is 2.93. The second-order valence-electron chi connectivity index (χ2n) is 4.35. The van der Waals surface area contributed by atoms with E-state index in [1.54, 1.807) is 0 Å². The van der Waals surface area contributed by atoms with Crippen molar-refractivity contribution in [1.29, 1.82) is 0 Å². The molecule has 0 saturated carbocycles. The molecule has 8 nitrogen and oxygen atoms in total. The molecule has 18 heavy (non-hydrogen) atoms. The highest BCUT2D eigenvalue weighted by atomic mass is 16.7. The first kappa shape index (κ1) is 12.8. The molecule has 0 radical (unpaired) electrons. The molecule has 0 aromatic rings. The van der Waals surface area contributed by atoms with E-state index in [0.29, 0.717) is 0 Å². The van der Waals surface area contributed by atoms with Crippen LogP contribution in [0.2, 0.25) is 0 Å². The standard InChI is InChI=1S/C10H16N4O4/c11-8(15)4-14-10(17)7(5-18-14)13-9(16)6-2-1-3-12-6/h6-7,12H,1-5H2,(H2,11,15)(H,13,16)/t6-,7+/m0/s1. The summed E-state index contributed by atoms with van der Waals surface area (Å²) in [5.41, 5.74) is 4.97. The van der Waals surface area contributed by atoms with E-state index in [1.807, 2.05) is 0 Å². The van der Waals surface area contributed by atoms with Crippen LogP contribution in [0.15, 0.2) is 0 Å². The van der Waals surface area contributed by atoms with Gasteiger partial charge in [-0.2, -0.15) is 0 Å². The Labute approximate surface area is 104 Å². The van der Waals surface area contributed by atoms with E-state index in [1.165, 1.54) is 0 Å². The smallest absolute Gasteiger partial charge is 0.271 e. The molecule has 2 aliphatic rings. The predicted molar refractivity (Wildman–Crippen MR) is 59.8 cm³/mol. The lowest BCUT2D eigenvalue weighted by Gasteiger charge is -2.14. The second-order valence-corrected chi connectivity index (χ2v) is 4.35. The third-order valence-electron chi connectivity index (χ3n) is 2.93. The van der Waals surface area contributed by atoms with Crippen LogP contribution in [-0.2, 0) is 19.2 Å². The van der Waals surface area contributed by atoms with E-state index < -0.39 is 17.9 Å². The summed E-state index contributed by atoms with van der Waals surface area (Å²) in [6, 6.07) is -0.984. The molecule has 2 atom stereocenters. The van der Waals surface area contributed by atoms with Crippen molar-refractivity contribution in [3.8, 4) is 0 Å². The molecule has 0 spiro atoms. The normalized spacial score (nSPS) is 27.6. The molecule has 0 aliphatic carbocycles. The van der Waals surface area contributed by atoms with Gasteiger partial charge in [-0.3, -0.25) is 19.2 Å². The fourth-order valence-electron chi connectivity index (χ4n) is 2.02. The number of nitrogens with zero attached hydrogens (tertiary/aromatic N) is 1. The summed E-state index contributed by atoms with van der Waals surface area (Å²) in [6.07, 6.45) is 1.71. The zero-order chi connectivity index (χ0) is 13.1. The maximum atomic E-state index is 11.8. The minimum absolute atomic E-state index is 0.0323. The van der Waals surface area contributed by atoms with Crippen molar-refractivity contribution in [3.63, 3.8) is 0 Å². The maximum absolute atomic E-state index is 11.8. The predicted octanol–water partition coefficient (Wildman–Crippen LogP) is -2.52. The monoisotopic (exact) mass is 256 g/mol. The molecule has 2 saturated heterocycles. The zero-order valence-electron chi connectivity index (χ0n) is 9.85. The summed E-state index contributed by atoms with van der Waals surface area (Å²) < 4.78 is 0. The highest BCUT2D eigenvalue weighted by molar-refractivity contribution is 5.92. The van der Waals surface area contributed by atoms with Crippen LogP contribution in [-0.4, -0.2) is 54.6 Å². The van der Waals surface area contributed by atoms with E-state index in [-0.39, 0.29) is 25.1 Å². The SMILES string of the molecule is NC(=O)CN1OC[C@@H](NC(=O)[C@@H]2CCCN2)C1=O. The topological polar surface area (TPSA) is 114 Å². The number of amides is 3. The summed E-state index contributed by atoms with van der Waals surface area (Å²) in [5.74, 6) is -1.32. The number of carbonyl (C=O) groups is 3. The summed E-state index contributed by atoms with van der Waals surface area (Å²) in [6.45, 7) is 0.540. The Balaban J connectivity index is 1.85. The van der Waals surface area contributed by atoms with Crippen molar-refractivity contribution in [2.45, 2.75) is 24.9 Å². The Morgan fingerprint density at radius 1 is 1.56 bits per heavy atom. The number of carbonyl (C=O) groups excluding carboxylic acids is 3. The van der Waals surface area contributed by atoms with Gasteiger partial charge < -0.3 is 16.4 Å². The molecule has 0 aromatic carbocycles. The molecule has 0 aromatic heterocycles. The van der Waals surface area contributed by atoms with Crippen LogP contribution in [0.25, 0.3) is 0 Å². The fraction of sp³-hybridized carbons (Fsp3) is 0.700. The summed E-state index contributed by atoms with van der Waals surface area (Å²) in [4.78, 5) is 39.2. The molecular weight excluding hydrogens is 240 g/mol. The Kier molecular flexibility index (Phi) is 3.78. The van der Waals surface area contributed by atoms with Gasteiger partial charge in [0.05, 0.1) is 6.04 Å². The summed E-state index contributed by atoms with van der Waals surface area (Å²) in [7, 11) is 0. The van der Waals surface area contributed by atoms with Gasteiger partial charge in [0.25, 0.3) is 5.91 Å². The molecule has 2 fully saturated rings. The van der Waals surface area contributed by atoms with Crippen LogP contribution in [0, 0.1) is 0 Å². The lowest BCUT2D eigenvalue weighted by molar-refractivity contribution is -0.165. The van der Waals surface area contributed by atoms with E-state index >= 15 is 0 Å². The molecule has 0 bridgehead atoms. The molecule has 8 heteroatoms. The second kappa shape index (κ2) is 5.32. The lowest BCUT2D eigenvalue weighted by atomic mass is 10.2. The largest absolute Gasteiger partial charge is 0.368 e. The zero-order valence-corrected chi connectivity index (χ0v) is 9.85. The van der Waals surface area contributed by atoms with Crippen LogP contribution in [0.3, 0.4) is 0 Å². The number of hydrogen-bond donors (Lipinski definition) is 3. The number of rotatable bonds is 4. The van der Waals surface area contributed by atoms with Crippen LogP contribution in [0.1, 0.15) is 12.8 Å². The van der Waals surface area contributed by atoms with Crippen LogP contribution < -0.4 is 16.4 Å². The van der Waals surface area contributed by atoms with Gasteiger partial charge in [-0.15, -0.1) is 0 Å². The molecule has 3 amide bonds. The first-order chi connectivity index (χ1) is 8.58. The van der Waals surface area contributed by atoms with Crippen molar-refractivity contribution in [2.75, 3.05) is 19.7 Å². The maximum Gasteiger partial charge on any atom is 0.271 e. The molecule has 2 rings (SSSR count). The van der Waals surface area contributed by atoms with Gasteiger partial charge in [-0.1, -0.05) is 0 Å². The highest BCUT2D eigenvalue weighted by Gasteiger charge is 2.36. The van der Waals surface area contributed by atoms with Crippen molar-refractivity contribution in [1.82, 2.24) is 15.7 Å². The van der Waals surface area contributed by atoms with Crippen LogP contribution in [0.4, 0.5) is 0 Å². The van der Waals surface area contributed by atoms with Gasteiger partial charge in [0, 0.05) is 0 Å². The Morgan fingerprint density at radius 2 is 2.33 bits per heavy atom. The van der Waals surface area contributed by atoms with E-state index in [0.717, 1.165) is 24.4 Å². The van der Waals surface area contributed by atoms with E-state index in [4.69, 9.17) is 10.6 Å². The molecule has 2 aliphatic heterocycles. The number of primary amides is 1. The highest BCUT2D eigenvalue weighted by Crippen LogP contribution is 2.09. The van der Waals surface area contributed by atoms with Crippen molar-refractivity contribution in [3.05, 3.63) is 0 Å². The minimum atomic E-state index is -0.737. The van der Waals surface area contributed by atoms with E-state index in [2.05, 4.69) is 10.6 Å². The Hall–Kier alpha value is -1.67. The van der Waals surface area contributed by atoms with Gasteiger partial charge in [0.1, 0.15) is 19.2 Å². The molecule has 100 valence electrons. The quantitative estimate of drug-likeness (QED) is 0.514. The van der Waals surface area contributed by atoms with Gasteiger partial charge in [-0.25, -0.2) is 5.06 Å². The van der Waals surface area contributed by atoms with E-state index in [9.17, 15) is 14.4 Å². The third-order valence-corrected chi connectivity index (χ3v) is 2.93. The minimum Gasteiger partial charge on any atom is -0.368 e. The number of hydrogen-bond acceptors (Lipinski definition) is 5. The van der Waals surface area contributed by atoms with Crippen LogP contribution >= 0.6 is 0 Å². The fourth-order valence-corrected chi connectivity index (χ4v) is 2.02. The average molecular weight is 256 g/mol. The van der Waals surface area contributed by atoms with Crippen LogP contribution in [0.5, 0.6) is 0 Å². The number of nitrogens with two attached hydrogens (primary N) is 1. The van der Waals surface area contributed by atoms with Gasteiger partial charge in [0.2, 0.25) is 11.8 Å². The Bertz CT molecular complexity index is 367. The summed E-state index contributed by atoms with van der Waals surface area (Å²) >= 11 is 0. The van der Waals surface area contributed by atoms with Crippen molar-refractivity contribution >= 4 is 17.7 Å². The molecule has 0 unspecified atom stereocenters. The van der Waals surface area contributed by atoms with Gasteiger partial charge in [0.15, 0.2) is 0 Å².